The Morgan fingerprint density at radius 2 is 2.46 bits per heavy atom. The smallest absolute Gasteiger partial charge is 0.0795 e. The van der Waals surface area contributed by atoms with Gasteiger partial charge in [0.05, 0.1) is 17.3 Å². The first kappa shape index (κ1) is 10.6. The Morgan fingerprint density at radius 1 is 1.69 bits per heavy atom. The molecule has 0 aliphatic rings. The van der Waals surface area contributed by atoms with E-state index >= 15 is 0 Å². The lowest BCUT2D eigenvalue weighted by Crippen LogP contribution is -2.22. The van der Waals surface area contributed by atoms with Crippen molar-refractivity contribution < 1.29 is 5.11 Å². The van der Waals surface area contributed by atoms with Gasteiger partial charge in [0.25, 0.3) is 0 Å². The summed E-state index contributed by atoms with van der Waals surface area (Å²) < 4.78 is 0. The number of nitrogens with zero attached hydrogens (tertiary/aromatic N) is 2. The SMILES string of the molecule is CC(O)CCN(C)Cc1cscn1. The average molecular weight is 200 g/mol. The summed E-state index contributed by atoms with van der Waals surface area (Å²) in [4.78, 5) is 6.37. The topological polar surface area (TPSA) is 36.4 Å². The molecule has 74 valence electrons. The van der Waals surface area contributed by atoms with Gasteiger partial charge in [-0.3, -0.25) is 0 Å². The summed E-state index contributed by atoms with van der Waals surface area (Å²) in [5, 5.41) is 11.1. The summed E-state index contributed by atoms with van der Waals surface area (Å²) >= 11 is 1.62. The van der Waals surface area contributed by atoms with Crippen LogP contribution in [0.5, 0.6) is 0 Å². The molecule has 0 radical (unpaired) electrons. The maximum Gasteiger partial charge on any atom is 0.0795 e. The van der Waals surface area contributed by atoms with E-state index in [0.717, 1.165) is 25.2 Å². The molecule has 0 spiro atoms. The molecule has 13 heavy (non-hydrogen) atoms. The van der Waals surface area contributed by atoms with Gasteiger partial charge < -0.3 is 10.0 Å². The van der Waals surface area contributed by atoms with Gasteiger partial charge in [-0.25, -0.2) is 4.98 Å². The lowest BCUT2D eigenvalue weighted by atomic mass is 10.3. The summed E-state index contributed by atoms with van der Waals surface area (Å²) in [5.74, 6) is 0. The molecule has 0 aromatic carbocycles. The minimum Gasteiger partial charge on any atom is -0.393 e. The number of aliphatic hydroxyl groups is 1. The Kier molecular flexibility index (Phi) is 4.35. The normalized spacial score (nSPS) is 13.5. The largest absolute Gasteiger partial charge is 0.393 e. The lowest BCUT2D eigenvalue weighted by Gasteiger charge is -2.15. The molecule has 0 aliphatic heterocycles. The summed E-state index contributed by atoms with van der Waals surface area (Å²) in [7, 11) is 2.04. The predicted molar refractivity (Wildman–Crippen MR) is 54.7 cm³/mol. The Morgan fingerprint density at radius 3 is 3.00 bits per heavy atom. The van der Waals surface area contributed by atoms with Gasteiger partial charge in [0, 0.05) is 18.5 Å². The minimum atomic E-state index is -0.210. The Hall–Kier alpha value is -0.450. The van der Waals surface area contributed by atoms with Crippen LogP contribution in [0.15, 0.2) is 10.9 Å². The Bertz CT molecular complexity index is 224. The van der Waals surface area contributed by atoms with Crippen LogP contribution in [-0.2, 0) is 6.54 Å². The van der Waals surface area contributed by atoms with Crippen molar-refractivity contribution in [2.24, 2.45) is 0 Å². The third kappa shape index (κ3) is 4.36. The highest BCUT2D eigenvalue weighted by Crippen LogP contribution is 2.04. The predicted octanol–water partition coefficient (Wildman–Crippen LogP) is 1.35. The van der Waals surface area contributed by atoms with Crippen LogP contribution < -0.4 is 0 Å². The minimum absolute atomic E-state index is 0.210. The van der Waals surface area contributed by atoms with Crippen molar-refractivity contribution in [3.8, 4) is 0 Å². The first-order chi connectivity index (χ1) is 6.18. The van der Waals surface area contributed by atoms with Crippen LogP contribution in [0.4, 0.5) is 0 Å². The van der Waals surface area contributed by atoms with Gasteiger partial charge >= 0.3 is 0 Å². The average Bonchev–Trinajstić information content (AvgIpc) is 2.53. The quantitative estimate of drug-likeness (QED) is 0.779. The van der Waals surface area contributed by atoms with Crippen LogP contribution >= 0.6 is 11.3 Å². The van der Waals surface area contributed by atoms with Crippen LogP contribution in [-0.4, -0.2) is 34.7 Å². The standard InChI is InChI=1S/C9H16N2OS/c1-8(12)3-4-11(2)5-9-6-13-7-10-9/h6-8,12H,3-5H2,1-2H3. The van der Waals surface area contributed by atoms with Crippen molar-refractivity contribution in [1.29, 1.82) is 0 Å². The number of rotatable bonds is 5. The zero-order chi connectivity index (χ0) is 9.68. The zero-order valence-electron chi connectivity index (χ0n) is 8.10. The summed E-state index contributed by atoms with van der Waals surface area (Å²) in [6.45, 7) is 3.60. The van der Waals surface area contributed by atoms with Crippen LogP contribution in [0.1, 0.15) is 19.0 Å². The third-order valence-corrected chi connectivity index (χ3v) is 2.48. The first-order valence-electron chi connectivity index (χ1n) is 4.42. The highest BCUT2D eigenvalue weighted by atomic mass is 32.1. The van der Waals surface area contributed by atoms with Crippen LogP contribution in [0.3, 0.4) is 0 Å². The van der Waals surface area contributed by atoms with Crippen molar-refractivity contribution in [2.45, 2.75) is 26.0 Å². The molecule has 0 saturated carbocycles. The molecule has 0 amide bonds. The summed E-state index contributed by atoms with van der Waals surface area (Å²) in [6, 6.07) is 0. The fourth-order valence-electron chi connectivity index (χ4n) is 1.08. The van der Waals surface area contributed by atoms with E-state index in [1.54, 1.807) is 11.3 Å². The van der Waals surface area contributed by atoms with E-state index in [-0.39, 0.29) is 6.10 Å². The molecule has 1 atom stereocenters. The number of hydrogen-bond donors (Lipinski definition) is 1. The molecule has 0 saturated heterocycles. The maximum atomic E-state index is 9.09. The van der Waals surface area contributed by atoms with E-state index in [2.05, 4.69) is 15.3 Å². The second-order valence-electron chi connectivity index (χ2n) is 3.36. The van der Waals surface area contributed by atoms with Crippen molar-refractivity contribution in [2.75, 3.05) is 13.6 Å². The number of aliphatic hydroxyl groups excluding tert-OH is 1. The van der Waals surface area contributed by atoms with E-state index in [1.807, 2.05) is 19.5 Å². The number of thiazole rings is 1. The molecule has 3 nitrogen and oxygen atoms in total. The van der Waals surface area contributed by atoms with Crippen molar-refractivity contribution >= 4 is 11.3 Å². The van der Waals surface area contributed by atoms with Crippen LogP contribution in [0.2, 0.25) is 0 Å². The first-order valence-corrected chi connectivity index (χ1v) is 5.36. The molecular formula is C9H16N2OS. The molecule has 1 heterocycles. The molecule has 0 aliphatic carbocycles. The van der Waals surface area contributed by atoms with Gasteiger partial charge in [0.2, 0.25) is 0 Å². The Balaban J connectivity index is 2.22. The van der Waals surface area contributed by atoms with Crippen molar-refractivity contribution in [1.82, 2.24) is 9.88 Å². The molecule has 1 aromatic heterocycles. The van der Waals surface area contributed by atoms with Gasteiger partial charge in [-0.2, -0.15) is 0 Å². The van der Waals surface area contributed by atoms with E-state index in [9.17, 15) is 0 Å². The molecule has 1 unspecified atom stereocenters. The van der Waals surface area contributed by atoms with Gasteiger partial charge in [-0.05, 0) is 20.4 Å². The molecule has 4 heteroatoms. The second-order valence-corrected chi connectivity index (χ2v) is 4.07. The summed E-state index contributed by atoms with van der Waals surface area (Å²) in [6.07, 6.45) is 0.610. The molecule has 1 rings (SSSR count). The highest BCUT2D eigenvalue weighted by Gasteiger charge is 2.03. The summed E-state index contributed by atoms with van der Waals surface area (Å²) in [5.41, 5.74) is 2.95. The third-order valence-electron chi connectivity index (χ3n) is 1.84. The van der Waals surface area contributed by atoms with Gasteiger partial charge in [-0.15, -0.1) is 11.3 Å². The second kappa shape index (κ2) is 5.32. The molecule has 1 aromatic rings. The van der Waals surface area contributed by atoms with Crippen LogP contribution in [0.25, 0.3) is 0 Å². The van der Waals surface area contributed by atoms with Gasteiger partial charge in [0.15, 0.2) is 0 Å². The maximum absolute atomic E-state index is 9.09. The van der Waals surface area contributed by atoms with Gasteiger partial charge in [0.1, 0.15) is 0 Å². The van der Waals surface area contributed by atoms with Crippen LogP contribution in [0, 0.1) is 0 Å². The zero-order valence-corrected chi connectivity index (χ0v) is 8.92. The lowest BCUT2D eigenvalue weighted by molar-refractivity contribution is 0.162. The molecular weight excluding hydrogens is 184 g/mol. The number of aromatic nitrogens is 1. The van der Waals surface area contributed by atoms with Crippen molar-refractivity contribution in [3.63, 3.8) is 0 Å². The van der Waals surface area contributed by atoms with Crippen molar-refractivity contribution in [3.05, 3.63) is 16.6 Å². The highest BCUT2D eigenvalue weighted by molar-refractivity contribution is 7.07. The van der Waals surface area contributed by atoms with E-state index < -0.39 is 0 Å². The molecule has 0 fully saturated rings. The van der Waals surface area contributed by atoms with E-state index in [1.165, 1.54) is 0 Å². The monoisotopic (exact) mass is 200 g/mol. The van der Waals surface area contributed by atoms with Gasteiger partial charge in [-0.1, -0.05) is 0 Å². The molecule has 0 bridgehead atoms. The van der Waals surface area contributed by atoms with E-state index in [4.69, 9.17) is 5.11 Å². The van der Waals surface area contributed by atoms with E-state index in [0.29, 0.717) is 0 Å². The Labute approximate surface area is 83.0 Å². The fourth-order valence-corrected chi connectivity index (χ4v) is 1.63. The number of hydrogen-bond acceptors (Lipinski definition) is 4. The fraction of sp³-hybridized carbons (Fsp3) is 0.667. The molecule has 1 N–H and O–H groups in total.